The van der Waals surface area contributed by atoms with Gasteiger partial charge in [-0.05, 0) is 55.9 Å². The number of aliphatic imine (C=N–C) groups is 1. The van der Waals surface area contributed by atoms with E-state index >= 15 is 0 Å². The summed E-state index contributed by atoms with van der Waals surface area (Å²) in [7, 11) is 0. The average molecular weight is 570 g/mol. The number of aromatic hydroxyl groups is 1. The number of phenols is 1. The van der Waals surface area contributed by atoms with Crippen LogP contribution in [0.2, 0.25) is 0 Å². The van der Waals surface area contributed by atoms with Gasteiger partial charge in [-0.1, -0.05) is 12.1 Å². The lowest BCUT2D eigenvalue weighted by molar-refractivity contribution is -0.142. The first kappa shape index (κ1) is 33.5. The number of aliphatic carboxylic acids is 1. The van der Waals surface area contributed by atoms with Crippen LogP contribution in [0.1, 0.15) is 31.7 Å². The summed E-state index contributed by atoms with van der Waals surface area (Å²) in [5, 5.41) is 36.3. The molecule has 3 amide bonds. The first-order valence-corrected chi connectivity index (χ1v) is 13.6. The van der Waals surface area contributed by atoms with Crippen LogP contribution in [-0.4, -0.2) is 93.8 Å². The average Bonchev–Trinajstić information content (AvgIpc) is 2.87. The van der Waals surface area contributed by atoms with Crippen LogP contribution in [0.3, 0.4) is 0 Å². The fourth-order valence-electron chi connectivity index (χ4n) is 3.38. The van der Waals surface area contributed by atoms with Gasteiger partial charge < -0.3 is 48.5 Å². The first-order valence-electron chi connectivity index (χ1n) is 12.3. The second-order valence-electron chi connectivity index (χ2n) is 8.89. The molecule has 5 atom stereocenters. The molecule has 0 aliphatic carbocycles. The van der Waals surface area contributed by atoms with E-state index in [1.54, 1.807) is 0 Å². The number of nitrogens with one attached hydrogen (secondary N) is 3. The van der Waals surface area contributed by atoms with Crippen molar-refractivity contribution in [2.24, 2.45) is 22.2 Å². The summed E-state index contributed by atoms with van der Waals surface area (Å²) in [6.45, 7) is 1.51. The molecule has 0 radical (unpaired) electrons. The lowest BCUT2D eigenvalue weighted by Crippen LogP contribution is -2.58. The molecule has 0 spiro atoms. The molecule has 15 heteroatoms. The molecular formula is C24H39N7O7S. The molecule has 1 aromatic carbocycles. The number of nitrogens with zero attached hydrogens (tertiary/aromatic N) is 1. The maximum absolute atomic E-state index is 13.2. The van der Waals surface area contributed by atoms with Crippen LogP contribution < -0.4 is 33.2 Å². The maximum Gasteiger partial charge on any atom is 0.326 e. The molecule has 1 aromatic rings. The summed E-state index contributed by atoms with van der Waals surface area (Å²) in [6.07, 6.45) is 1.17. The smallest absolute Gasteiger partial charge is 0.326 e. The highest BCUT2D eigenvalue weighted by Crippen LogP contribution is 2.12. The van der Waals surface area contributed by atoms with Crippen molar-refractivity contribution < 1.29 is 34.5 Å². The fourth-order valence-corrected chi connectivity index (χ4v) is 3.85. The van der Waals surface area contributed by atoms with Gasteiger partial charge >= 0.3 is 5.97 Å². The molecule has 5 unspecified atom stereocenters. The normalized spacial score (nSPS) is 14.7. The molecule has 0 bridgehead atoms. The molecule has 0 fully saturated rings. The topological polar surface area (TPSA) is 255 Å². The van der Waals surface area contributed by atoms with Gasteiger partial charge in [0.25, 0.3) is 0 Å². The molecule has 0 saturated carbocycles. The van der Waals surface area contributed by atoms with Gasteiger partial charge in [0.05, 0.1) is 6.10 Å². The summed E-state index contributed by atoms with van der Waals surface area (Å²) in [6, 6.07) is 1.07. The van der Waals surface area contributed by atoms with Crippen LogP contribution >= 0.6 is 11.8 Å². The zero-order valence-corrected chi connectivity index (χ0v) is 22.8. The van der Waals surface area contributed by atoms with Gasteiger partial charge in [0.1, 0.15) is 29.9 Å². The minimum absolute atomic E-state index is 0.0175. The molecule has 39 heavy (non-hydrogen) atoms. The number of rotatable bonds is 17. The van der Waals surface area contributed by atoms with Crippen molar-refractivity contribution in [2.75, 3.05) is 18.6 Å². The van der Waals surface area contributed by atoms with E-state index in [1.165, 1.54) is 43.0 Å². The summed E-state index contributed by atoms with van der Waals surface area (Å²) in [5.41, 5.74) is 16.9. The summed E-state index contributed by atoms with van der Waals surface area (Å²) < 4.78 is 0. The third-order valence-corrected chi connectivity index (χ3v) is 6.28. The number of phenolic OH excluding ortho intramolecular Hbond substituents is 1. The molecule has 14 nitrogen and oxygen atoms in total. The van der Waals surface area contributed by atoms with Crippen molar-refractivity contribution in [1.82, 2.24) is 16.0 Å². The largest absolute Gasteiger partial charge is 0.508 e. The van der Waals surface area contributed by atoms with Gasteiger partial charge in [0.2, 0.25) is 17.7 Å². The maximum atomic E-state index is 13.2. The Balaban J connectivity index is 3.03. The van der Waals surface area contributed by atoms with Crippen LogP contribution in [-0.2, 0) is 25.6 Å². The summed E-state index contributed by atoms with van der Waals surface area (Å²) in [5.74, 6) is -3.09. The number of aliphatic hydroxyl groups excluding tert-OH is 1. The van der Waals surface area contributed by atoms with E-state index in [0.717, 1.165) is 0 Å². The molecule has 0 heterocycles. The van der Waals surface area contributed by atoms with Crippen LogP contribution in [0.15, 0.2) is 29.3 Å². The standard InChI is InChI=1S/C24H39N7O7S/c1-13(32)19(25)22(36)30-16(4-3-10-28-24(26)27)20(34)29-17(9-11-39-2)21(35)31-18(23(37)38)12-14-5-7-15(33)8-6-14/h5-8,13,16-19,32-33H,3-4,9-12,25H2,1-2H3,(H,29,34)(H,30,36)(H,31,35)(H,37,38)(H4,26,27,28). The third-order valence-electron chi connectivity index (χ3n) is 5.64. The Morgan fingerprint density at radius 1 is 0.949 bits per heavy atom. The minimum Gasteiger partial charge on any atom is -0.508 e. The molecule has 0 aliphatic rings. The molecule has 1 rings (SSSR count). The second-order valence-corrected chi connectivity index (χ2v) is 9.87. The van der Waals surface area contributed by atoms with Crippen LogP contribution in [0.4, 0.5) is 0 Å². The van der Waals surface area contributed by atoms with Crippen LogP contribution in [0.5, 0.6) is 5.75 Å². The first-order chi connectivity index (χ1) is 18.3. The zero-order chi connectivity index (χ0) is 29.5. The predicted molar refractivity (Wildman–Crippen MR) is 148 cm³/mol. The number of hydrogen-bond donors (Lipinski definition) is 9. The van der Waals surface area contributed by atoms with Gasteiger partial charge in [0.15, 0.2) is 5.96 Å². The number of amides is 3. The quantitative estimate of drug-likeness (QED) is 0.0562. The van der Waals surface area contributed by atoms with E-state index in [2.05, 4.69) is 20.9 Å². The Labute approximate surface area is 231 Å². The lowest BCUT2D eigenvalue weighted by Gasteiger charge is -2.25. The highest BCUT2D eigenvalue weighted by molar-refractivity contribution is 7.98. The highest BCUT2D eigenvalue weighted by Gasteiger charge is 2.30. The van der Waals surface area contributed by atoms with E-state index in [1.807, 2.05) is 6.26 Å². The van der Waals surface area contributed by atoms with Gasteiger partial charge in [-0.2, -0.15) is 11.8 Å². The number of carboxylic acids is 1. The highest BCUT2D eigenvalue weighted by atomic mass is 32.2. The van der Waals surface area contributed by atoms with E-state index in [-0.39, 0.29) is 37.5 Å². The number of benzene rings is 1. The van der Waals surface area contributed by atoms with Crippen molar-refractivity contribution in [2.45, 2.75) is 62.9 Å². The monoisotopic (exact) mass is 569 g/mol. The van der Waals surface area contributed by atoms with Gasteiger partial charge in [-0.15, -0.1) is 0 Å². The van der Waals surface area contributed by atoms with Crippen molar-refractivity contribution >= 4 is 41.4 Å². The Morgan fingerprint density at radius 2 is 1.49 bits per heavy atom. The lowest BCUT2D eigenvalue weighted by atomic mass is 10.0. The van der Waals surface area contributed by atoms with Crippen molar-refractivity contribution in [1.29, 1.82) is 0 Å². The molecule has 0 aliphatic heterocycles. The van der Waals surface area contributed by atoms with Crippen molar-refractivity contribution in [3.05, 3.63) is 29.8 Å². The second kappa shape index (κ2) is 17.1. The SMILES string of the molecule is CSCCC(NC(=O)C(CCCN=C(N)N)NC(=O)C(N)C(C)O)C(=O)NC(Cc1ccc(O)cc1)C(=O)O. The number of guanidine groups is 1. The molecule has 218 valence electrons. The van der Waals surface area contributed by atoms with E-state index in [0.29, 0.717) is 17.7 Å². The Hall–Kier alpha value is -3.56. The number of hydrogen-bond acceptors (Lipinski definition) is 9. The molecular weight excluding hydrogens is 530 g/mol. The fraction of sp³-hybridized carbons (Fsp3) is 0.542. The van der Waals surface area contributed by atoms with Crippen LogP contribution in [0.25, 0.3) is 0 Å². The Bertz CT molecular complexity index is 988. The number of aliphatic hydroxyl groups is 1. The molecule has 0 saturated heterocycles. The molecule has 0 aromatic heterocycles. The Morgan fingerprint density at radius 3 is 2.00 bits per heavy atom. The van der Waals surface area contributed by atoms with Crippen molar-refractivity contribution in [3.8, 4) is 5.75 Å². The van der Waals surface area contributed by atoms with E-state index in [9.17, 15) is 34.5 Å². The summed E-state index contributed by atoms with van der Waals surface area (Å²) in [4.78, 5) is 54.4. The van der Waals surface area contributed by atoms with E-state index in [4.69, 9.17) is 17.2 Å². The van der Waals surface area contributed by atoms with Crippen molar-refractivity contribution in [3.63, 3.8) is 0 Å². The number of nitrogens with two attached hydrogens (primary N) is 3. The molecule has 12 N–H and O–H groups in total. The minimum atomic E-state index is -1.30. The predicted octanol–water partition coefficient (Wildman–Crippen LogP) is -2.01. The number of thioether (sulfide) groups is 1. The third kappa shape index (κ3) is 12.7. The van der Waals surface area contributed by atoms with Gasteiger partial charge in [0, 0.05) is 13.0 Å². The van der Waals surface area contributed by atoms with Gasteiger partial charge in [-0.25, -0.2) is 4.79 Å². The Kier molecular flexibility index (Phi) is 14.7. The van der Waals surface area contributed by atoms with Crippen LogP contribution in [0, 0.1) is 0 Å². The van der Waals surface area contributed by atoms with Gasteiger partial charge in [-0.3, -0.25) is 19.4 Å². The number of carbonyl (C=O) groups is 4. The zero-order valence-electron chi connectivity index (χ0n) is 22.0. The number of carboxylic acid groups (broad SMARTS) is 1. The summed E-state index contributed by atoms with van der Waals surface area (Å²) >= 11 is 1.43. The number of carbonyl (C=O) groups excluding carboxylic acids is 3. The van der Waals surface area contributed by atoms with E-state index < -0.39 is 54.0 Å².